The molecule has 0 spiro atoms. The van der Waals surface area contributed by atoms with Gasteiger partial charge in [0.1, 0.15) is 11.9 Å². The maximum Gasteiger partial charge on any atom is 0.417 e. The fraction of sp³-hybridized carbons (Fsp3) is 0.421. The Labute approximate surface area is 158 Å². The van der Waals surface area contributed by atoms with Crippen molar-refractivity contribution in [3.63, 3.8) is 0 Å². The lowest BCUT2D eigenvalue weighted by molar-refractivity contribution is -0.138. The van der Waals surface area contributed by atoms with E-state index < -0.39 is 40.8 Å². The fourth-order valence-corrected chi connectivity index (χ4v) is 3.61. The van der Waals surface area contributed by atoms with Gasteiger partial charge in [0.25, 0.3) is 5.91 Å². The van der Waals surface area contributed by atoms with Gasteiger partial charge in [0.05, 0.1) is 28.6 Å². The van der Waals surface area contributed by atoms with Crippen molar-refractivity contribution in [1.82, 2.24) is 14.5 Å². The third-order valence-corrected chi connectivity index (χ3v) is 4.81. The van der Waals surface area contributed by atoms with Crippen LogP contribution in [0, 0.1) is 0 Å². The molecule has 2 aromatic rings. The van der Waals surface area contributed by atoms with Gasteiger partial charge in [0.2, 0.25) is 0 Å². The first kappa shape index (κ1) is 18.5. The standard InChI is InChI=1S/C19H18F3N3O3/c1-18(2,3)28-17(27)14-15-12-7-8-24(12)16(26)13-10(19(20,21)22)5-4-6-11(13)25(15)9-23-14/h4-6,9,12H,7-8H2,1-3H3/t12-/m0/s1. The lowest BCUT2D eigenvalue weighted by atomic mass is 9.96. The van der Waals surface area contributed by atoms with Gasteiger partial charge in [0, 0.05) is 6.54 Å². The largest absolute Gasteiger partial charge is 0.455 e. The maximum atomic E-state index is 13.5. The molecule has 3 heterocycles. The molecule has 2 aliphatic rings. The molecule has 148 valence electrons. The highest BCUT2D eigenvalue weighted by atomic mass is 19.4. The summed E-state index contributed by atoms with van der Waals surface area (Å²) in [5.41, 5.74) is -1.72. The molecule has 0 saturated carbocycles. The van der Waals surface area contributed by atoms with Crippen LogP contribution in [0.25, 0.3) is 5.69 Å². The Bertz CT molecular complexity index is 989. The highest BCUT2D eigenvalue weighted by molar-refractivity contribution is 6.01. The Hall–Kier alpha value is -2.84. The van der Waals surface area contributed by atoms with Crippen LogP contribution in [0.3, 0.4) is 0 Å². The second-order valence-corrected chi connectivity index (χ2v) is 7.85. The number of rotatable bonds is 1. The molecule has 0 unspecified atom stereocenters. The number of hydrogen-bond donors (Lipinski definition) is 0. The minimum atomic E-state index is -4.68. The summed E-state index contributed by atoms with van der Waals surface area (Å²) in [6.45, 7) is 5.45. The number of ether oxygens (including phenoxy) is 1. The van der Waals surface area contributed by atoms with E-state index in [-0.39, 0.29) is 11.4 Å². The molecular formula is C19H18F3N3O3. The Morgan fingerprint density at radius 3 is 2.54 bits per heavy atom. The average molecular weight is 393 g/mol. The van der Waals surface area contributed by atoms with E-state index >= 15 is 0 Å². The van der Waals surface area contributed by atoms with E-state index in [0.29, 0.717) is 18.7 Å². The van der Waals surface area contributed by atoms with Crippen LogP contribution in [0.15, 0.2) is 24.5 Å². The van der Waals surface area contributed by atoms with E-state index in [1.54, 1.807) is 20.8 Å². The number of amides is 1. The molecule has 6 nitrogen and oxygen atoms in total. The van der Waals surface area contributed by atoms with Crippen molar-refractivity contribution in [2.24, 2.45) is 0 Å². The maximum absolute atomic E-state index is 13.5. The molecule has 9 heteroatoms. The normalized spacial score (nSPS) is 18.6. The third-order valence-electron chi connectivity index (χ3n) is 4.81. The summed E-state index contributed by atoms with van der Waals surface area (Å²) in [7, 11) is 0. The van der Waals surface area contributed by atoms with E-state index in [4.69, 9.17) is 4.74 Å². The number of halogens is 3. The van der Waals surface area contributed by atoms with E-state index in [1.165, 1.54) is 27.9 Å². The lowest BCUT2D eigenvalue weighted by Crippen LogP contribution is -2.45. The number of esters is 1. The Morgan fingerprint density at radius 2 is 1.96 bits per heavy atom. The van der Waals surface area contributed by atoms with Gasteiger partial charge in [-0.05, 0) is 39.3 Å². The summed E-state index contributed by atoms with van der Waals surface area (Å²) in [6, 6.07) is 3.04. The molecule has 0 radical (unpaired) electrons. The van der Waals surface area contributed by atoms with Crippen molar-refractivity contribution in [3.05, 3.63) is 47.0 Å². The van der Waals surface area contributed by atoms with Gasteiger partial charge in [-0.1, -0.05) is 6.07 Å². The predicted octanol–water partition coefficient (Wildman–Crippen LogP) is 3.75. The number of benzene rings is 1. The zero-order chi connectivity index (χ0) is 20.4. The third kappa shape index (κ3) is 2.76. The molecule has 1 aromatic carbocycles. The first-order valence-corrected chi connectivity index (χ1v) is 8.81. The second kappa shape index (κ2) is 5.83. The zero-order valence-electron chi connectivity index (χ0n) is 15.5. The van der Waals surface area contributed by atoms with E-state index in [2.05, 4.69) is 4.98 Å². The fourth-order valence-electron chi connectivity index (χ4n) is 3.61. The first-order chi connectivity index (χ1) is 13.0. The van der Waals surface area contributed by atoms with Crippen LogP contribution in [-0.2, 0) is 10.9 Å². The number of carbonyl (C=O) groups excluding carboxylic acids is 2. The molecule has 0 aliphatic carbocycles. The van der Waals surface area contributed by atoms with Crippen molar-refractivity contribution in [2.45, 2.75) is 45.0 Å². The Balaban J connectivity index is 1.93. The minimum absolute atomic E-state index is 0.0164. The Kier molecular flexibility index (Phi) is 3.85. The number of imidazole rings is 1. The van der Waals surface area contributed by atoms with Crippen molar-refractivity contribution in [1.29, 1.82) is 0 Å². The molecular weight excluding hydrogens is 375 g/mol. The summed E-state index contributed by atoms with van der Waals surface area (Å²) in [5, 5.41) is 0. The van der Waals surface area contributed by atoms with Gasteiger partial charge >= 0.3 is 12.1 Å². The van der Waals surface area contributed by atoms with Crippen LogP contribution < -0.4 is 0 Å². The second-order valence-electron chi connectivity index (χ2n) is 7.85. The number of carbonyl (C=O) groups is 2. The molecule has 1 aromatic heterocycles. The highest BCUT2D eigenvalue weighted by Crippen LogP contribution is 2.44. The smallest absolute Gasteiger partial charge is 0.417 e. The molecule has 2 aliphatic heterocycles. The van der Waals surface area contributed by atoms with Gasteiger partial charge in [0.15, 0.2) is 5.69 Å². The number of hydrogen-bond acceptors (Lipinski definition) is 4. The van der Waals surface area contributed by atoms with Crippen LogP contribution in [0.5, 0.6) is 0 Å². The molecule has 0 N–H and O–H groups in total. The van der Waals surface area contributed by atoms with Crippen LogP contribution >= 0.6 is 0 Å². The van der Waals surface area contributed by atoms with Crippen molar-refractivity contribution in [3.8, 4) is 5.69 Å². The van der Waals surface area contributed by atoms with E-state index in [9.17, 15) is 22.8 Å². The van der Waals surface area contributed by atoms with Gasteiger partial charge in [-0.2, -0.15) is 13.2 Å². The van der Waals surface area contributed by atoms with Gasteiger partial charge in [-0.15, -0.1) is 0 Å². The number of fused-ring (bicyclic) bond motifs is 5. The van der Waals surface area contributed by atoms with Crippen molar-refractivity contribution in [2.75, 3.05) is 6.54 Å². The summed E-state index contributed by atoms with van der Waals surface area (Å²) in [6.07, 6.45) is -2.87. The first-order valence-electron chi connectivity index (χ1n) is 8.81. The lowest BCUT2D eigenvalue weighted by Gasteiger charge is -2.40. The van der Waals surface area contributed by atoms with Gasteiger partial charge < -0.3 is 9.64 Å². The van der Waals surface area contributed by atoms with Gasteiger partial charge in [-0.3, -0.25) is 9.36 Å². The van der Waals surface area contributed by atoms with Gasteiger partial charge in [-0.25, -0.2) is 9.78 Å². The quantitative estimate of drug-likeness (QED) is 0.693. The monoisotopic (exact) mass is 393 g/mol. The SMILES string of the molecule is CC(C)(C)OC(=O)c1ncn2c1[C@@H]1CCN1C(=O)c1c-2cccc1C(F)(F)F. The number of alkyl halides is 3. The molecule has 28 heavy (non-hydrogen) atoms. The van der Waals surface area contributed by atoms with Crippen LogP contribution in [0.1, 0.15) is 65.3 Å². The number of nitrogens with zero attached hydrogens (tertiary/aromatic N) is 3. The molecule has 4 rings (SSSR count). The molecule has 1 saturated heterocycles. The van der Waals surface area contributed by atoms with Crippen LogP contribution in [0.2, 0.25) is 0 Å². The molecule has 1 atom stereocenters. The molecule has 0 bridgehead atoms. The van der Waals surface area contributed by atoms with E-state index in [0.717, 1.165) is 6.07 Å². The summed E-state index contributed by atoms with van der Waals surface area (Å²) in [4.78, 5) is 31.0. The summed E-state index contributed by atoms with van der Waals surface area (Å²) >= 11 is 0. The van der Waals surface area contributed by atoms with E-state index in [1.807, 2.05) is 0 Å². The van der Waals surface area contributed by atoms with Crippen LogP contribution in [0.4, 0.5) is 13.2 Å². The predicted molar refractivity (Wildman–Crippen MR) is 92.1 cm³/mol. The Morgan fingerprint density at radius 1 is 1.25 bits per heavy atom. The van der Waals surface area contributed by atoms with Crippen molar-refractivity contribution >= 4 is 11.9 Å². The van der Waals surface area contributed by atoms with Crippen molar-refractivity contribution < 1.29 is 27.5 Å². The topological polar surface area (TPSA) is 64.4 Å². The van der Waals surface area contributed by atoms with Crippen LogP contribution in [-0.4, -0.2) is 38.5 Å². The minimum Gasteiger partial charge on any atom is -0.455 e. The molecule has 1 fully saturated rings. The molecule has 1 amide bonds. The average Bonchev–Trinajstić information content (AvgIpc) is 2.92. The number of aromatic nitrogens is 2. The zero-order valence-corrected chi connectivity index (χ0v) is 15.5. The highest BCUT2D eigenvalue weighted by Gasteiger charge is 2.46. The summed E-state index contributed by atoms with van der Waals surface area (Å²) < 4.78 is 47.4. The summed E-state index contributed by atoms with van der Waals surface area (Å²) in [5.74, 6) is -1.37.